The summed E-state index contributed by atoms with van der Waals surface area (Å²) in [5, 5.41) is 11.4. The molecule has 2 saturated carbocycles. The van der Waals surface area contributed by atoms with Gasteiger partial charge in [-0.15, -0.1) is 0 Å². The van der Waals surface area contributed by atoms with Gasteiger partial charge in [-0.1, -0.05) is 18.3 Å². The number of fused-ring (bicyclic) bond motifs is 1. The number of aromatic amines is 1. The van der Waals surface area contributed by atoms with Crippen molar-refractivity contribution >= 4 is 34.5 Å². The number of amides is 2. The van der Waals surface area contributed by atoms with Crippen molar-refractivity contribution < 1.29 is 18.7 Å². The van der Waals surface area contributed by atoms with E-state index in [1.807, 2.05) is 39.8 Å². The van der Waals surface area contributed by atoms with Crippen LogP contribution in [0.25, 0.3) is 10.9 Å². The van der Waals surface area contributed by atoms with Crippen LogP contribution in [0.15, 0.2) is 24.3 Å². The fourth-order valence-electron chi connectivity index (χ4n) is 5.82. The van der Waals surface area contributed by atoms with Crippen molar-refractivity contribution in [2.75, 3.05) is 25.0 Å². The molecular weight excluding hydrogens is 561 g/mol. The smallest absolute Gasteiger partial charge is 0.410 e. The molecule has 0 bridgehead atoms. The molecule has 1 aliphatic heterocycles. The average molecular weight is 602 g/mol. The normalized spacial score (nSPS) is 20.2. The van der Waals surface area contributed by atoms with Gasteiger partial charge in [-0.3, -0.25) is 9.89 Å². The Hall–Kier alpha value is -4.20. The molecule has 2 aromatic heterocycles. The molecule has 3 fully saturated rings. The zero-order valence-corrected chi connectivity index (χ0v) is 25.9. The molecule has 1 saturated heterocycles. The van der Waals surface area contributed by atoms with E-state index in [0.29, 0.717) is 66.5 Å². The number of benzene rings is 1. The Balaban J connectivity index is 1.28. The van der Waals surface area contributed by atoms with Crippen molar-refractivity contribution in [1.29, 1.82) is 0 Å². The third kappa shape index (κ3) is 6.79. The summed E-state index contributed by atoms with van der Waals surface area (Å²) in [6.45, 7) is 8.38. The summed E-state index contributed by atoms with van der Waals surface area (Å²) in [7, 11) is 0. The number of ether oxygens (including phenoxy) is 1. The number of nitrogens with zero attached hydrogens (tertiary/aromatic N) is 5. The maximum Gasteiger partial charge on any atom is 0.410 e. The second kappa shape index (κ2) is 11.7. The molecule has 1 aromatic carbocycles. The fourth-order valence-corrected chi connectivity index (χ4v) is 5.82. The summed E-state index contributed by atoms with van der Waals surface area (Å²) >= 11 is 0. The van der Waals surface area contributed by atoms with Crippen molar-refractivity contribution in [3.05, 3.63) is 41.3 Å². The standard InChI is InChI=1S/C33H40FN7O3/c1-21-20-40(16-17-41(21)31(43)44-32(2,3)4)30(42)29-35-25-11-8-22(12-15-33(34)13-6-5-7-14-33)18-24(25)28(37-29)36-27-19-26(38-39-27)23-9-10-23/h8,11,18-19,21,23H,5-7,9-10,13-14,16-17,20H2,1-4H3,(H2,35,36,37,38,39). The topological polar surface area (TPSA) is 116 Å². The Morgan fingerprint density at radius 2 is 1.89 bits per heavy atom. The van der Waals surface area contributed by atoms with Gasteiger partial charge in [0.2, 0.25) is 5.82 Å². The van der Waals surface area contributed by atoms with Crippen LogP contribution in [0.1, 0.15) is 100 Å². The van der Waals surface area contributed by atoms with Crippen LogP contribution in [0.5, 0.6) is 0 Å². The van der Waals surface area contributed by atoms with Crippen molar-refractivity contribution in [1.82, 2.24) is 30.0 Å². The van der Waals surface area contributed by atoms with Crippen molar-refractivity contribution in [2.24, 2.45) is 0 Å². The fraction of sp³-hybridized carbons (Fsp3) is 0.545. The Morgan fingerprint density at radius 1 is 1.11 bits per heavy atom. The lowest BCUT2D eigenvalue weighted by Gasteiger charge is -2.39. The predicted molar refractivity (Wildman–Crippen MR) is 165 cm³/mol. The summed E-state index contributed by atoms with van der Waals surface area (Å²) < 4.78 is 20.8. The Kier molecular flexibility index (Phi) is 7.95. The number of hydrogen-bond donors (Lipinski definition) is 2. The molecule has 3 aromatic rings. The minimum atomic E-state index is -1.46. The van der Waals surface area contributed by atoms with Gasteiger partial charge >= 0.3 is 6.09 Å². The molecule has 1 atom stereocenters. The number of alkyl halides is 1. The molecule has 2 aliphatic carbocycles. The van der Waals surface area contributed by atoms with Gasteiger partial charge in [0, 0.05) is 54.3 Å². The van der Waals surface area contributed by atoms with E-state index in [0.717, 1.165) is 37.8 Å². The highest BCUT2D eigenvalue weighted by Crippen LogP contribution is 2.40. The van der Waals surface area contributed by atoms with Gasteiger partial charge in [0.1, 0.15) is 11.4 Å². The first-order chi connectivity index (χ1) is 21.0. The van der Waals surface area contributed by atoms with Gasteiger partial charge < -0.3 is 19.9 Å². The van der Waals surface area contributed by atoms with Crippen LogP contribution in [0.2, 0.25) is 0 Å². The average Bonchev–Trinajstić information content (AvgIpc) is 3.73. The predicted octanol–water partition coefficient (Wildman–Crippen LogP) is 6.08. The molecule has 0 radical (unpaired) electrons. The van der Waals surface area contributed by atoms with E-state index >= 15 is 4.39 Å². The highest BCUT2D eigenvalue weighted by molar-refractivity contribution is 5.97. The number of carbonyl (C=O) groups is 2. The molecule has 6 rings (SSSR count). The molecule has 3 aliphatic rings. The SMILES string of the molecule is CC1CN(C(=O)c2nc(Nc3cc(C4CC4)[nH]n3)c3cc(C#CC4(F)CCCCC4)ccc3n2)CCN1C(=O)OC(C)(C)C. The highest BCUT2D eigenvalue weighted by atomic mass is 19.1. The van der Waals surface area contributed by atoms with Crippen molar-refractivity contribution in [2.45, 2.75) is 95.9 Å². The summed E-state index contributed by atoms with van der Waals surface area (Å²) in [5.74, 6) is 7.13. The first-order valence-corrected chi connectivity index (χ1v) is 15.6. The second-order valence-electron chi connectivity index (χ2n) is 13.3. The summed E-state index contributed by atoms with van der Waals surface area (Å²) in [6, 6.07) is 7.15. The molecular formula is C33H40FN7O3. The summed E-state index contributed by atoms with van der Waals surface area (Å²) in [5.41, 5.74) is 0.210. The molecule has 1 unspecified atom stereocenters. The third-order valence-electron chi connectivity index (χ3n) is 8.37. The number of rotatable bonds is 4. The van der Waals surface area contributed by atoms with E-state index in [4.69, 9.17) is 4.74 Å². The Labute approximate surface area is 257 Å². The third-order valence-corrected chi connectivity index (χ3v) is 8.37. The molecule has 2 amide bonds. The first-order valence-electron chi connectivity index (χ1n) is 15.6. The van der Waals surface area contributed by atoms with Gasteiger partial charge in [-0.05, 0) is 84.4 Å². The van der Waals surface area contributed by atoms with Crippen LogP contribution < -0.4 is 5.32 Å². The van der Waals surface area contributed by atoms with Crippen LogP contribution in [-0.2, 0) is 4.74 Å². The van der Waals surface area contributed by atoms with E-state index in [-0.39, 0.29) is 17.8 Å². The lowest BCUT2D eigenvalue weighted by atomic mass is 9.87. The molecule has 3 heterocycles. The molecule has 232 valence electrons. The van der Waals surface area contributed by atoms with E-state index in [1.165, 1.54) is 0 Å². The van der Waals surface area contributed by atoms with Gasteiger partial charge in [0.25, 0.3) is 5.91 Å². The van der Waals surface area contributed by atoms with Crippen LogP contribution >= 0.6 is 0 Å². The second-order valence-corrected chi connectivity index (χ2v) is 13.3. The van der Waals surface area contributed by atoms with Crippen LogP contribution in [-0.4, -0.2) is 78.9 Å². The van der Waals surface area contributed by atoms with Gasteiger partial charge in [0.15, 0.2) is 11.5 Å². The number of anilines is 2. The van der Waals surface area contributed by atoms with Crippen LogP contribution in [0.3, 0.4) is 0 Å². The molecule has 44 heavy (non-hydrogen) atoms. The highest BCUT2D eigenvalue weighted by Gasteiger charge is 2.34. The van der Waals surface area contributed by atoms with E-state index in [9.17, 15) is 9.59 Å². The lowest BCUT2D eigenvalue weighted by molar-refractivity contribution is 0.00182. The maximum absolute atomic E-state index is 15.2. The number of aromatic nitrogens is 4. The Morgan fingerprint density at radius 3 is 2.59 bits per heavy atom. The van der Waals surface area contributed by atoms with E-state index < -0.39 is 17.4 Å². The number of carbonyl (C=O) groups excluding carboxylic acids is 2. The minimum Gasteiger partial charge on any atom is -0.444 e. The van der Waals surface area contributed by atoms with E-state index in [2.05, 4.69) is 37.3 Å². The number of piperazine rings is 1. The minimum absolute atomic E-state index is 0.0413. The van der Waals surface area contributed by atoms with Crippen molar-refractivity contribution in [3.63, 3.8) is 0 Å². The van der Waals surface area contributed by atoms with E-state index in [1.54, 1.807) is 21.9 Å². The summed E-state index contributed by atoms with van der Waals surface area (Å²) in [4.78, 5) is 39.1. The largest absolute Gasteiger partial charge is 0.444 e. The molecule has 10 nitrogen and oxygen atoms in total. The maximum atomic E-state index is 15.2. The first kappa shape index (κ1) is 29.9. The van der Waals surface area contributed by atoms with Gasteiger partial charge in [-0.2, -0.15) is 5.10 Å². The monoisotopic (exact) mass is 601 g/mol. The quantitative estimate of drug-likeness (QED) is 0.348. The number of hydrogen-bond acceptors (Lipinski definition) is 7. The van der Waals surface area contributed by atoms with Gasteiger partial charge in [-0.25, -0.2) is 19.2 Å². The van der Waals surface area contributed by atoms with Gasteiger partial charge in [0.05, 0.1) is 5.52 Å². The lowest BCUT2D eigenvalue weighted by Crippen LogP contribution is -2.56. The Bertz CT molecular complexity index is 1630. The van der Waals surface area contributed by atoms with Crippen molar-refractivity contribution in [3.8, 4) is 11.8 Å². The molecule has 11 heteroatoms. The van der Waals surface area contributed by atoms with Crippen LogP contribution in [0, 0.1) is 11.8 Å². The number of halogens is 1. The van der Waals surface area contributed by atoms with Crippen LogP contribution in [0.4, 0.5) is 20.8 Å². The molecule has 2 N–H and O–H groups in total. The zero-order chi connectivity index (χ0) is 31.1. The summed E-state index contributed by atoms with van der Waals surface area (Å²) in [6.07, 6.45) is 5.54. The molecule has 0 spiro atoms. The zero-order valence-electron chi connectivity index (χ0n) is 25.9. The number of nitrogens with one attached hydrogen (secondary N) is 2. The number of H-pyrrole nitrogens is 1.